The van der Waals surface area contributed by atoms with E-state index in [2.05, 4.69) is 38.1 Å². The van der Waals surface area contributed by atoms with Gasteiger partial charge in [-0.05, 0) is 13.8 Å². The zero-order valence-electron chi connectivity index (χ0n) is 12.8. The van der Waals surface area contributed by atoms with Gasteiger partial charge in [0.05, 0.1) is 12.3 Å². The highest BCUT2D eigenvalue weighted by atomic mass is 16.5. The summed E-state index contributed by atoms with van der Waals surface area (Å²) in [6.07, 6.45) is 0. The van der Waals surface area contributed by atoms with E-state index in [1.165, 1.54) is 0 Å². The fourth-order valence-corrected chi connectivity index (χ4v) is 1.76. The van der Waals surface area contributed by atoms with Crippen molar-refractivity contribution in [3.8, 4) is 5.75 Å². The van der Waals surface area contributed by atoms with Crippen LogP contribution in [0.3, 0.4) is 0 Å². The molecule has 1 heterocycles. The van der Waals surface area contributed by atoms with Gasteiger partial charge >= 0.3 is 0 Å². The highest BCUT2D eigenvalue weighted by Gasteiger charge is 2.21. The Balaban J connectivity index is 2.58. The Morgan fingerprint density at radius 3 is 2.39 bits per heavy atom. The van der Waals surface area contributed by atoms with E-state index in [0.29, 0.717) is 12.6 Å². The fourth-order valence-electron chi connectivity index (χ4n) is 1.76. The lowest BCUT2D eigenvalue weighted by Crippen LogP contribution is -2.37. The molecule has 0 aliphatic rings. The molecule has 1 aromatic heterocycles. The fraction of sp³-hybridized carbons (Fsp3) is 0.786. The van der Waals surface area contributed by atoms with E-state index in [0.717, 1.165) is 23.7 Å². The van der Waals surface area contributed by atoms with Crippen LogP contribution < -0.4 is 10.1 Å². The summed E-state index contributed by atoms with van der Waals surface area (Å²) in [5.41, 5.74) is 2.15. The summed E-state index contributed by atoms with van der Waals surface area (Å²) in [5.74, 6) is 0.926. The Kier molecular flexibility index (Phi) is 4.79. The summed E-state index contributed by atoms with van der Waals surface area (Å²) >= 11 is 0. The number of hydrogen-bond acceptors (Lipinski definition) is 3. The molecule has 0 aromatic carbocycles. The van der Waals surface area contributed by atoms with Gasteiger partial charge in [-0.2, -0.15) is 5.10 Å². The zero-order valence-corrected chi connectivity index (χ0v) is 12.8. The van der Waals surface area contributed by atoms with E-state index in [1.54, 1.807) is 0 Å². The van der Waals surface area contributed by atoms with Gasteiger partial charge in [-0.25, -0.2) is 0 Å². The normalized spacial score (nSPS) is 12.2. The summed E-state index contributed by atoms with van der Waals surface area (Å²) in [6.45, 7) is 14.4. The molecule has 4 nitrogen and oxygen atoms in total. The van der Waals surface area contributed by atoms with Crippen molar-refractivity contribution < 1.29 is 4.74 Å². The zero-order chi connectivity index (χ0) is 13.9. The van der Waals surface area contributed by atoms with Crippen molar-refractivity contribution in [3.63, 3.8) is 0 Å². The SMILES string of the molecule is Cc1nn(C)c(C)c1OCC(C)(C)CNC(C)C. The van der Waals surface area contributed by atoms with Crippen LogP contribution in [0.15, 0.2) is 0 Å². The van der Waals surface area contributed by atoms with Gasteiger partial charge in [0.2, 0.25) is 0 Å². The second kappa shape index (κ2) is 5.74. The van der Waals surface area contributed by atoms with E-state index in [9.17, 15) is 0 Å². The Labute approximate surface area is 111 Å². The van der Waals surface area contributed by atoms with Crippen molar-refractivity contribution in [2.24, 2.45) is 12.5 Å². The lowest BCUT2D eigenvalue weighted by atomic mass is 9.94. The molecule has 0 aliphatic heterocycles. The highest BCUT2D eigenvalue weighted by molar-refractivity contribution is 5.31. The number of aromatic nitrogens is 2. The number of nitrogens with one attached hydrogen (secondary N) is 1. The molecule has 4 heteroatoms. The van der Waals surface area contributed by atoms with Crippen molar-refractivity contribution >= 4 is 0 Å². The third-order valence-corrected chi connectivity index (χ3v) is 3.04. The van der Waals surface area contributed by atoms with Crippen LogP contribution in [0.25, 0.3) is 0 Å². The van der Waals surface area contributed by atoms with Crippen LogP contribution in [-0.2, 0) is 7.05 Å². The largest absolute Gasteiger partial charge is 0.489 e. The van der Waals surface area contributed by atoms with Gasteiger partial charge in [0.15, 0.2) is 5.75 Å². The highest BCUT2D eigenvalue weighted by Crippen LogP contribution is 2.24. The first-order valence-corrected chi connectivity index (χ1v) is 6.59. The third-order valence-electron chi connectivity index (χ3n) is 3.04. The van der Waals surface area contributed by atoms with Gasteiger partial charge < -0.3 is 10.1 Å². The quantitative estimate of drug-likeness (QED) is 0.846. The van der Waals surface area contributed by atoms with E-state index in [4.69, 9.17) is 4.74 Å². The molecule has 104 valence electrons. The smallest absolute Gasteiger partial charge is 0.162 e. The van der Waals surface area contributed by atoms with Crippen LogP contribution in [-0.4, -0.2) is 29.0 Å². The number of aryl methyl sites for hydroxylation is 2. The Morgan fingerprint density at radius 1 is 1.33 bits per heavy atom. The number of nitrogens with zero attached hydrogens (tertiary/aromatic N) is 2. The van der Waals surface area contributed by atoms with Gasteiger partial charge in [-0.3, -0.25) is 4.68 Å². The molecule has 0 saturated heterocycles. The number of rotatable bonds is 6. The second-order valence-corrected chi connectivity index (χ2v) is 6.11. The lowest BCUT2D eigenvalue weighted by molar-refractivity contribution is 0.172. The number of hydrogen-bond donors (Lipinski definition) is 1. The standard InChI is InChI=1S/C14H27N3O/c1-10(2)15-8-14(5,6)9-18-13-11(3)16-17(7)12(13)4/h10,15H,8-9H2,1-7H3. The predicted octanol–water partition coefficient (Wildman–Crippen LogP) is 2.44. The first-order chi connectivity index (χ1) is 8.23. The molecule has 0 amide bonds. The average Bonchev–Trinajstić information content (AvgIpc) is 2.49. The minimum Gasteiger partial charge on any atom is -0.489 e. The molecule has 0 spiro atoms. The Bertz CT molecular complexity index is 394. The summed E-state index contributed by atoms with van der Waals surface area (Å²) < 4.78 is 7.83. The topological polar surface area (TPSA) is 39.1 Å². The first-order valence-electron chi connectivity index (χ1n) is 6.59. The maximum absolute atomic E-state index is 5.96. The van der Waals surface area contributed by atoms with Gasteiger partial charge in [0, 0.05) is 25.0 Å². The van der Waals surface area contributed by atoms with Crippen molar-refractivity contribution in [1.29, 1.82) is 0 Å². The summed E-state index contributed by atoms with van der Waals surface area (Å²) in [4.78, 5) is 0. The van der Waals surface area contributed by atoms with Crippen molar-refractivity contribution in [1.82, 2.24) is 15.1 Å². The maximum atomic E-state index is 5.96. The molecule has 0 aliphatic carbocycles. The van der Waals surface area contributed by atoms with E-state index in [1.807, 2.05) is 25.6 Å². The van der Waals surface area contributed by atoms with Crippen LogP contribution in [0.5, 0.6) is 5.75 Å². The molecule has 0 unspecified atom stereocenters. The number of ether oxygens (including phenoxy) is 1. The molecule has 0 fully saturated rings. The lowest BCUT2D eigenvalue weighted by Gasteiger charge is -2.26. The van der Waals surface area contributed by atoms with Crippen LogP contribution >= 0.6 is 0 Å². The third kappa shape index (κ3) is 4.02. The second-order valence-electron chi connectivity index (χ2n) is 6.11. The van der Waals surface area contributed by atoms with Crippen LogP contribution in [0.2, 0.25) is 0 Å². The van der Waals surface area contributed by atoms with Crippen molar-refractivity contribution in [3.05, 3.63) is 11.4 Å². The first kappa shape index (κ1) is 15.0. The minimum atomic E-state index is 0.110. The average molecular weight is 253 g/mol. The van der Waals surface area contributed by atoms with E-state index < -0.39 is 0 Å². The molecule has 0 bridgehead atoms. The van der Waals surface area contributed by atoms with Gasteiger partial charge in [0.1, 0.15) is 5.69 Å². The molecule has 0 saturated carbocycles. The molecule has 1 rings (SSSR count). The van der Waals surface area contributed by atoms with Gasteiger partial charge in [0.25, 0.3) is 0 Å². The predicted molar refractivity (Wildman–Crippen MR) is 75.1 cm³/mol. The monoisotopic (exact) mass is 253 g/mol. The molecule has 0 radical (unpaired) electrons. The molecular weight excluding hydrogens is 226 g/mol. The molecule has 1 N–H and O–H groups in total. The minimum absolute atomic E-state index is 0.110. The Morgan fingerprint density at radius 2 is 1.94 bits per heavy atom. The van der Waals surface area contributed by atoms with Crippen molar-refractivity contribution in [2.75, 3.05) is 13.2 Å². The van der Waals surface area contributed by atoms with Crippen LogP contribution in [0, 0.1) is 19.3 Å². The van der Waals surface area contributed by atoms with Crippen LogP contribution in [0.1, 0.15) is 39.1 Å². The van der Waals surface area contributed by atoms with E-state index in [-0.39, 0.29) is 5.41 Å². The maximum Gasteiger partial charge on any atom is 0.162 e. The van der Waals surface area contributed by atoms with Crippen LogP contribution in [0.4, 0.5) is 0 Å². The molecule has 0 atom stereocenters. The molecular formula is C14H27N3O. The summed E-state index contributed by atoms with van der Waals surface area (Å²) in [6, 6.07) is 0.506. The van der Waals surface area contributed by atoms with Crippen molar-refractivity contribution in [2.45, 2.75) is 47.6 Å². The Hall–Kier alpha value is -1.03. The van der Waals surface area contributed by atoms with E-state index >= 15 is 0 Å². The molecule has 1 aromatic rings. The summed E-state index contributed by atoms with van der Waals surface area (Å²) in [5, 5.41) is 7.82. The van der Waals surface area contributed by atoms with Gasteiger partial charge in [-0.15, -0.1) is 0 Å². The molecule has 18 heavy (non-hydrogen) atoms. The van der Waals surface area contributed by atoms with Gasteiger partial charge in [-0.1, -0.05) is 27.7 Å². The summed E-state index contributed by atoms with van der Waals surface area (Å²) in [7, 11) is 1.95.